The standard InChI is InChI=1S/C14H16NP.C3H8Se2.CH2Cl2.5CO.2Fe/c1-15(2)16(13-9-5-3-6-10-13)14-11-7-4-8-12-14;4-2-1-3-5;2-1-3;5*1-2;;/h3-12H,1-2H3;4-5H,1-3H2;1H2;;;;;;;/p-2. The topological polar surface area (TPSA) is 103 Å². The van der Waals surface area contributed by atoms with Crippen molar-refractivity contribution in [3.63, 3.8) is 0 Å². The van der Waals surface area contributed by atoms with Crippen LogP contribution in [0.15, 0.2) is 60.7 Å². The first kappa shape index (κ1) is 56.4. The van der Waals surface area contributed by atoms with Crippen molar-refractivity contribution >= 4 is 73.9 Å². The molecule has 13 heteroatoms. The molecule has 0 aromatic heterocycles. The SMILES string of the molecule is CN(C)P(c1ccccc1)c1ccccc1.ClCCl.[C-]#[O+].[C-]#[O+].[C-]#[O+].[C-]#[O+].[C-]#[O+].[Fe].[Fe].[Se-]CCC[Se-]. The first-order valence-electron chi connectivity index (χ1n) is 8.50. The van der Waals surface area contributed by atoms with Gasteiger partial charge in [-0.1, -0.05) is 60.7 Å². The molecule has 0 saturated carbocycles. The van der Waals surface area contributed by atoms with Gasteiger partial charge in [-0.15, -0.1) is 23.2 Å². The maximum absolute atomic E-state index is 7.50. The predicted octanol–water partition coefficient (Wildman–Crippen LogP) is 4.37. The Hall–Kier alpha value is 0.188. The van der Waals surface area contributed by atoms with E-state index in [4.69, 9.17) is 46.5 Å². The van der Waals surface area contributed by atoms with Gasteiger partial charge < -0.3 is 0 Å². The van der Waals surface area contributed by atoms with Gasteiger partial charge in [0.2, 0.25) is 0 Å². The molecule has 0 aliphatic carbocycles. The van der Waals surface area contributed by atoms with Crippen LogP contribution in [0.1, 0.15) is 6.42 Å². The zero-order chi connectivity index (χ0) is 28.2. The molecule has 0 unspecified atom stereocenters. The van der Waals surface area contributed by atoms with Crippen LogP contribution in [0.25, 0.3) is 0 Å². The molecular weight excluding hydrogens is 742 g/mol. The molecule has 0 spiro atoms. The summed E-state index contributed by atoms with van der Waals surface area (Å²) in [5.74, 6) is 0. The van der Waals surface area contributed by atoms with E-state index in [1.807, 2.05) is 0 Å². The van der Waals surface area contributed by atoms with E-state index >= 15 is 0 Å². The number of hydrogen-bond donors (Lipinski definition) is 0. The van der Waals surface area contributed by atoms with Gasteiger partial charge in [-0.3, -0.25) is 4.67 Å². The fourth-order valence-corrected chi connectivity index (χ4v) is 5.47. The van der Waals surface area contributed by atoms with Gasteiger partial charge in [0.15, 0.2) is 0 Å². The van der Waals surface area contributed by atoms with Crippen LogP contribution < -0.4 is 10.6 Å². The maximum atomic E-state index is 7.50. The van der Waals surface area contributed by atoms with Crippen molar-refractivity contribution in [1.29, 1.82) is 0 Å². The fourth-order valence-electron chi connectivity index (χ4n) is 1.81. The third kappa shape index (κ3) is 41.3. The van der Waals surface area contributed by atoms with Crippen molar-refractivity contribution < 1.29 is 57.4 Å². The minimum absolute atomic E-state index is 0. The first-order valence-corrected chi connectivity index (χ1v) is 13.3. The van der Waals surface area contributed by atoms with E-state index in [9.17, 15) is 0 Å². The fraction of sp³-hybridized carbons (Fsp3) is 0.261. The van der Waals surface area contributed by atoms with Crippen LogP contribution in [0.4, 0.5) is 0 Å². The van der Waals surface area contributed by atoms with Crippen LogP contribution in [-0.2, 0) is 57.4 Å². The molecule has 6 nitrogen and oxygen atoms in total. The van der Waals surface area contributed by atoms with Crippen LogP contribution in [0, 0.1) is 33.3 Å². The molecule has 0 amide bonds. The molecule has 0 bridgehead atoms. The summed E-state index contributed by atoms with van der Waals surface area (Å²) < 4.78 is 39.8. The molecule has 2 aromatic carbocycles. The van der Waals surface area contributed by atoms with E-state index in [2.05, 4.69) is 145 Å². The van der Waals surface area contributed by atoms with Crippen LogP contribution in [0.2, 0.25) is 10.6 Å². The number of nitrogens with zero attached hydrogens (tertiary/aromatic N) is 1. The Kier molecular flexibility index (Phi) is 93.9. The number of hydrogen-bond acceptors (Lipinski definition) is 1. The van der Waals surface area contributed by atoms with Gasteiger partial charge in [-0.05, 0) is 24.7 Å². The molecule has 0 aliphatic heterocycles. The number of halogens is 2. The average Bonchev–Trinajstić information content (AvgIpc) is 2.92. The number of benzene rings is 2. The zero-order valence-electron chi connectivity index (χ0n) is 19.3. The normalized spacial score (nSPS) is 6.83. The molecule has 0 saturated heterocycles. The molecule has 200 valence electrons. The summed E-state index contributed by atoms with van der Waals surface area (Å²) in [7, 11) is 3.91. The Balaban J connectivity index is -0.0000000554. The monoisotopic (exact) mass is 767 g/mol. The summed E-state index contributed by atoms with van der Waals surface area (Å²) in [6, 6.07) is 21.4. The van der Waals surface area contributed by atoms with E-state index in [1.54, 1.807) is 0 Å². The van der Waals surface area contributed by atoms with Crippen LogP contribution in [0.3, 0.4) is 0 Å². The molecule has 0 fully saturated rings. The van der Waals surface area contributed by atoms with Crippen molar-refractivity contribution in [2.24, 2.45) is 0 Å². The van der Waals surface area contributed by atoms with Gasteiger partial charge in [0.05, 0.1) is 5.34 Å². The summed E-state index contributed by atoms with van der Waals surface area (Å²) in [6.07, 6.45) is 1.28. The molecule has 36 heavy (non-hydrogen) atoms. The second-order valence-electron chi connectivity index (χ2n) is 4.69. The van der Waals surface area contributed by atoms with Crippen LogP contribution in [0.5, 0.6) is 0 Å². The molecule has 2 rings (SSSR count). The van der Waals surface area contributed by atoms with Crippen molar-refractivity contribution in [1.82, 2.24) is 4.67 Å². The predicted molar refractivity (Wildman–Crippen MR) is 135 cm³/mol. The summed E-state index contributed by atoms with van der Waals surface area (Å²) in [4.78, 5) is 0. The summed E-state index contributed by atoms with van der Waals surface area (Å²) in [6.45, 7) is 22.5. The van der Waals surface area contributed by atoms with Gasteiger partial charge in [0.1, 0.15) is 0 Å². The Bertz CT molecular complexity index is 651. The minimum atomic E-state index is -0.377. The van der Waals surface area contributed by atoms with E-state index in [-0.39, 0.29) is 47.5 Å². The molecule has 0 heterocycles. The van der Waals surface area contributed by atoms with E-state index in [0.29, 0.717) is 0 Å². The summed E-state index contributed by atoms with van der Waals surface area (Å²) >= 11 is 15.4. The third-order valence-electron chi connectivity index (χ3n) is 2.69. The molecule has 0 radical (unpaired) electrons. The third-order valence-corrected chi connectivity index (χ3v) is 6.28. The zero-order valence-corrected chi connectivity index (χ0v) is 27.4. The Morgan fingerprint density at radius 2 is 0.861 bits per heavy atom. The van der Waals surface area contributed by atoms with E-state index < -0.39 is 0 Å². The van der Waals surface area contributed by atoms with Gasteiger partial charge in [-0.2, -0.15) is 0 Å². The van der Waals surface area contributed by atoms with E-state index in [1.165, 1.54) is 27.7 Å². The Labute approximate surface area is 264 Å². The van der Waals surface area contributed by atoms with Crippen molar-refractivity contribution in [2.45, 2.75) is 17.1 Å². The molecule has 2 aromatic rings. The number of rotatable bonds is 5. The van der Waals surface area contributed by atoms with Gasteiger partial charge in [-0.25, -0.2) is 0 Å². The molecule has 0 aliphatic rings. The van der Waals surface area contributed by atoms with E-state index in [0.717, 1.165) is 0 Å². The van der Waals surface area contributed by atoms with Crippen molar-refractivity contribution in [2.75, 3.05) is 19.4 Å². The van der Waals surface area contributed by atoms with Gasteiger partial charge in [0, 0.05) is 42.2 Å². The van der Waals surface area contributed by atoms with Crippen molar-refractivity contribution in [3.8, 4) is 0 Å². The number of alkyl halides is 2. The quantitative estimate of drug-likeness (QED) is 0.146. The summed E-state index contributed by atoms with van der Waals surface area (Å²) in [5.41, 5.74) is 0. The Morgan fingerprint density at radius 3 is 1.00 bits per heavy atom. The van der Waals surface area contributed by atoms with Crippen LogP contribution in [-0.4, -0.2) is 56.1 Å². The first-order chi connectivity index (χ1) is 16.6. The van der Waals surface area contributed by atoms with Gasteiger partial charge >= 0.3 is 106 Å². The summed E-state index contributed by atoms with van der Waals surface area (Å²) in [5, 5.41) is 5.36. The molecular formula is C23H24Cl2Fe2NO5PSe2-2. The van der Waals surface area contributed by atoms with Crippen LogP contribution >= 0.6 is 31.3 Å². The second-order valence-corrected chi connectivity index (χ2v) is 9.67. The molecule has 0 atom stereocenters. The van der Waals surface area contributed by atoms with Crippen molar-refractivity contribution in [3.05, 3.63) is 93.9 Å². The second kappa shape index (κ2) is 60.0. The Morgan fingerprint density at radius 1 is 0.639 bits per heavy atom. The van der Waals surface area contributed by atoms with Gasteiger partial charge in [0.25, 0.3) is 0 Å². The molecule has 0 N–H and O–H groups in total. The average molecular weight is 766 g/mol.